The lowest BCUT2D eigenvalue weighted by atomic mass is 10.0. The van der Waals surface area contributed by atoms with Crippen molar-refractivity contribution in [3.63, 3.8) is 0 Å². The smallest absolute Gasteiger partial charge is 0.254 e. The summed E-state index contributed by atoms with van der Waals surface area (Å²) >= 11 is 0. The zero-order chi connectivity index (χ0) is 19.1. The molecular weight excluding hydrogens is 360 g/mol. The molecule has 2 aromatic heterocycles. The largest absolute Gasteiger partial charge is 0.454 e. The van der Waals surface area contributed by atoms with Gasteiger partial charge in [0.15, 0.2) is 11.5 Å². The molecule has 0 saturated carbocycles. The fraction of sp³-hybridized carbons (Fsp3) is 0.200. The van der Waals surface area contributed by atoms with Crippen LogP contribution in [0.25, 0.3) is 11.4 Å². The van der Waals surface area contributed by atoms with E-state index in [1.807, 2.05) is 0 Å². The standard InChI is InChI=1S/C20H16N4O4/c25-19-14-5-8-24(20(26)13-1-2-16-17(9-13)28-11-27-16)10-15(14)22-18(23-19)12-3-6-21-7-4-12/h1-4,6-7,9H,5,8,10-11H2,(H,22,23,25). The van der Waals surface area contributed by atoms with Crippen LogP contribution in [0.4, 0.5) is 0 Å². The zero-order valence-corrected chi connectivity index (χ0v) is 14.8. The third-order valence-corrected chi connectivity index (χ3v) is 4.93. The molecule has 0 atom stereocenters. The molecule has 28 heavy (non-hydrogen) atoms. The monoisotopic (exact) mass is 376 g/mol. The fourth-order valence-electron chi connectivity index (χ4n) is 3.47. The number of nitrogens with zero attached hydrogens (tertiary/aromatic N) is 3. The number of rotatable bonds is 2. The quantitative estimate of drug-likeness (QED) is 0.732. The second kappa shape index (κ2) is 6.49. The van der Waals surface area contributed by atoms with Gasteiger partial charge in [0.1, 0.15) is 5.82 Å². The first-order valence-electron chi connectivity index (χ1n) is 8.90. The maximum absolute atomic E-state index is 13.0. The van der Waals surface area contributed by atoms with Gasteiger partial charge in [-0.05, 0) is 36.8 Å². The van der Waals surface area contributed by atoms with E-state index in [-0.39, 0.29) is 24.8 Å². The highest BCUT2D eigenvalue weighted by molar-refractivity contribution is 5.95. The number of aromatic amines is 1. The number of fused-ring (bicyclic) bond motifs is 2. The molecule has 0 radical (unpaired) electrons. The Bertz CT molecular complexity index is 1130. The number of amides is 1. The van der Waals surface area contributed by atoms with E-state index in [4.69, 9.17) is 9.47 Å². The van der Waals surface area contributed by atoms with E-state index >= 15 is 0 Å². The number of hydrogen-bond donors (Lipinski definition) is 1. The van der Waals surface area contributed by atoms with Crippen LogP contribution in [-0.2, 0) is 13.0 Å². The summed E-state index contributed by atoms with van der Waals surface area (Å²) in [5.74, 6) is 1.55. The highest BCUT2D eigenvalue weighted by atomic mass is 16.7. The molecule has 1 aromatic carbocycles. The van der Waals surface area contributed by atoms with E-state index in [9.17, 15) is 9.59 Å². The molecule has 1 N–H and O–H groups in total. The van der Waals surface area contributed by atoms with Gasteiger partial charge in [-0.25, -0.2) is 4.98 Å². The molecule has 0 fully saturated rings. The summed E-state index contributed by atoms with van der Waals surface area (Å²) in [5.41, 5.74) is 2.39. The van der Waals surface area contributed by atoms with Gasteiger partial charge in [-0.1, -0.05) is 0 Å². The second-order valence-electron chi connectivity index (χ2n) is 6.62. The van der Waals surface area contributed by atoms with Crippen molar-refractivity contribution >= 4 is 5.91 Å². The first-order valence-corrected chi connectivity index (χ1v) is 8.90. The summed E-state index contributed by atoms with van der Waals surface area (Å²) in [7, 11) is 0. The highest BCUT2D eigenvalue weighted by Gasteiger charge is 2.26. The molecule has 8 heteroatoms. The minimum absolute atomic E-state index is 0.128. The van der Waals surface area contributed by atoms with Crippen LogP contribution in [0.2, 0.25) is 0 Å². The van der Waals surface area contributed by atoms with Crippen LogP contribution in [0.5, 0.6) is 11.5 Å². The van der Waals surface area contributed by atoms with Crippen molar-refractivity contribution < 1.29 is 14.3 Å². The molecule has 4 heterocycles. The van der Waals surface area contributed by atoms with Gasteiger partial charge in [-0.15, -0.1) is 0 Å². The van der Waals surface area contributed by atoms with Crippen LogP contribution < -0.4 is 15.0 Å². The number of pyridine rings is 1. The Labute approximate surface area is 159 Å². The summed E-state index contributed by atoms with van der Waals surface area (Å²) in [6.07, 6.45) is 3.75. The average molecular weight is 376 g/mol. The third-order valence-electron chi connectivity index (χ3n) is 4.93. The number of nitrogens with one attached hydrogen (secondary N) is 1. The van der Waals surface area contributed by atoms with Gasteiger partial charge in [-0.3, -0.25) is 14.6 Å². The summed E-state index contributed by atoms with van der Waals surface area (Å²) < 4.78 is 10.7. The van der Waals surface area contributed by atoms with Crippen molar-refractivity contribution in [2.45, 2.75) is 13.0 Å². The van der Waals surface area contributed by atoms with Crippen molar-refractivity contribution in [2.24, 2.45) is 0 Å². The van der Waals surface area contributed by atoms with Crippen LogP contribution in [-0.4, -0.2) is 39.1 Å². The zero-order valence-electron chi connectivity index (χ0n) is 14.8. The maximum Gasteiger partial charge on any atom is 0.254 e. The minimum atomic E-state index is -0.160. The van der Waals surface area contributed by atoms with E-state index in [2.05, 4.69) is 15.0 Å². The molecule has 3 aromatic rings. The van der Waals surface area contributed by atoms with E-state index in [0.29, 0.717) is 47.1 Å². The predicted molar refractivity (Wildman–Crippen MR) is 99.1 cm³/mol. The number of carbonyl (C=O) groups is 1. The number of benzene rings is 1. The summed E-state index contributed by atoms with van der Waals surface area (Å²) in [6.45, 7) is 0.902. The van der Waals surface area contributed by atoms with Crippen LogP contribution >= 0.6 is 0 Å². The van der Waals surface area contributed by atoms with Gasteiger partial charge in [0, 0.05) is 35.6 Å². The number of aromatic nitrogens is 3. The number of ether oxygens (including phenoxy) is 2. The van der Waals surface area contributed by atoms with Crippen molar-refractivity contribution in [1.29, 1.82) is 0 Å². The van der Waals surface area contributed by atoms with Crippen molar-refractivity contribution in [3.8, 4) is 22.9 Å². The van der Waals surface area contributed by atoms with E-state index < -0.39 is 0 Å². The Morgan fingerprint density at radius 1 is 1.11 bits per heavy atom. The first-order chi connectivity index (χ1) is 13.7. The molecule has 0 saturated heterocycles. The summed E-state index contributed by atoms with van der Waals surface area (Å²) in [5, 5.41) is 0. The topological polar surface area (TPSA) is 97.4 Å². The number of H-pyrrole nitrogens is 1. The van der Waals surface area contributed by atoms with Crippen molar-refractivity contribution in [1.82, 2.24) is 19.9 Å². The summed E-state index contributed by atoms with van der Waals surface area (Å²) in [6, 6.07) is 8.71. The average Bonchev–Trinajstić information content (AvgIpc) is 3.21. The molecule has 2 aliphatic heterocycles. The molecule has 2 aliphatic rings. The molecule has 5 rings (SSSR count). The molecule has 0 bridgehead atoms. The normalized spacial score (nSPS) is 14.6. The van der Waals surface area contributed by atoms with Gasteiger partial charge >= 0.3 is 0 Å². The van der Waals surface area contributed by atoms with E-state index in [0.717, 1.165) is 5.56 Å². The second-order valence-corrected chi connectivity index (χ2v) is 6.62. The Balaban J connectivity index is 1.45. The van der Waals surface area contributed by atoms with Crippen molar-refractivity contribution in [3.05, 3.63) is 69.9 Å². The minimum Gasteiger partial charge on any atom is -0.454 e. The molecule has 140 valence electrons. The van der Waals surface area contributed by atoms with Crippen LogP contribution in [0.3, 0.4) is 0 Å². The third kappa shape index (κ3) is 2.79. The predicted octanol–water partition coefficient (Wildman–Crippen LogP) is 1.76. The van der Waals surface area contributed by atoms with Gasteiger partial charge in [0.05, 0.1) is 12.2 Å². The van der Waals surface area contributed by atoms with E-state index in [1.54, 1.807) is 47.6 Å². The SMILES string of the molecule is O=C(c1ccc2c(c1)OCO2)N1CCc2c(nc(-c3ccncc3)[nH]c2=O)C1. The molecule has 1 amide bonds. The molecule has 8 nitrogen and oxygen atoms in total. The van der Waals surface area contributed by atoms with Gasteiger partial charge in [0.2, 0.25) is 6.79 Å². The van der Waals surface area contributed by atoms with Gasteiger partial charge in [-0.2, -0.15) is 0 Å². The van der Waals surface area contributed by atoms with Crippen LogP contribution in [0.15, 0.2) is 47.5 Å². The highest BCUT2D eigenvalue weighted by Crippen LogP contribution is 2.33. The van der Waals surface area contributed by atoms with Crippen LogP contribution in [0, 0.1) is 0 Å². The summed E-state index contributed by atoms with van der Waals surface area (Å²) in [4.78, 5) is 38.6. The van der Waals surface area contributed by atoms with Crippen LogP contribution in [0.1, 0.15) is 21.6 Å². The Morgan fingerprint density at radius 3 is 2.79 bits per heavy atom. The maximum atomic E-state index is 13.0. The molecule has 0 unspecified atom stereocenters. The van der Waals surface area contributed by atoms with E-state index in [1.165, 1.54) is 0 Å². The van der Waals surface area contributed by atoms with Gasteiger partial charge in [0.25, 0.3) is 11.5 Å². The first kappa shape index (κ1) is 16.5. The number of carbonyl (C=O) groups excluding carboxylic acids is 1. The Kier molecular flexibility index (Phi) is 3.82. The van der Waals surface area contributed by atoms with Gasteiger partial charge < -0.3 is 19.4 Å². The lowest BCUT2D eigenvalue weighted by Gasteiger charge is -2.28. The lowest BCUT2D eigenvalue weighted by molar-refractivity contribution is 0.0731. The lowest BCUT2D eigenvalue weighted by Crippen LogP contribution is -2.39. The number of hydrogen-bond acceptors (Lipinski definition) is 6. The molecule has 0 aliphatic carbocycles. The molecular formula is C20H16N4O4. The Morgan fingerprint density at radius 2 is 1.93 bits per heavy atom. The van der Waals surface area contributed by atoms with Crippen molar-refractivity contribution in [2.75, 3.05) is 13.3 Å². The Hall–Kier alpha value is -3.68. The fourth-order valence-corrected chi connectivity index (χ4v) is 3.47. The molecule has 0 spiro atoms.